The topological polar surface area (TPSA) is 27.7 Å². The molecule has 2 aromatic carbocycles. The summed E-state index contributed by atoms with van der Waals surface area (Å²) < 4.78 is 16.8. The molecule has 24 heavy (non-hydrogen) atoms. The number of hydrogen-bond acceptors (Lipinski definition) is 3. The summed E-state index contributed by atoms with van der Waals surface area (Å²) in [6.07, 6.45) is 8.59. The Morgan fingerprint density at radius 1 is 0.750 bits per heavy atom. The summed E-state index contributed by atoms with van der Waals surface area (Å²) in [5.41, 5.74) is 2.32. The van der Waals surface area contributed by atoms with Gasteiger partial charge in [-0.15, -0.1) is 0 Å². The average Bonchev–Trinajstić information content (AvgIpc) is 2.64. The summed E-state index contributed by atoms with van der Waals surface area (Å²) in [5.74, 6) is 0. The standard InChI is InChI=1S/C20H23O3Si/c1-21-18-24(22-16-8-14-19-10-4-2-5-11-19)23-17-9-15-20-12-6-3-7-13-20/h2-15H,16-18H2,1H3/b14-8+,15-9+. The zero-order chi connectivity index (χ0) is 16.9. The van der Waals surface area contributed by atoms with Crippen molar-refractivity contribution in [3.63, 3.8) is 0 Å². The van der Waals surface area contributed by atoms with Crippen LogP contribution in [-0.4, -0.2) is 35.8 Å². The van der Waals surface area contributed by atoms with Gasteiger partial charge < -0.3 is 13.6 Å². The largest absolute Gasteiger partial charge is 0.413 e. The van der Waals surface area contributed by atoms with Gasteiger partial charge >= 0.3 is 9.28 Å². The Balaban J connectivity index is 1.71. The van der Waals surface area contributed by atoms with E-state index in [1.54, 1.807) is 7.11 Å². The fourth-order valence-electron chi connectivity index (χ4n) is 2.02. The second kappa shape index (κ2) is 11.5. The first-order valence-electron chi connectivity index (χ1n) is 7.92. The highest BCUT2D eigenvalue weighted by Crippen LogP contribution is 2.03. The highest BCUT2D eigenvalue weighted by molar-refractivity contribution is 6.44. The van der Waals surface area contributed by atoms with E-state index < -0.39 is 9.28 Å². The minimum absolute atomic E-state index is 0.503. The maximum absolute atomic E-state index is 5.79. The Morgan fingerprint density at radius 3 is 1.62 bits per heavy atom. The van der Waals surface area contributed by atoms with E-state index in [4.69, 9.17) is 13.6 Å². The molecule has 0 aliphatic heterocycles. The number of benzene rings is 2. The van der Waals surface area contributed by atoms with E-state index in [9.17, 15) is 0 Å². The van der Waals surface area contributed by atoms with Crippen LogP contribution in [0.5, 0.6) is 0 Å². The highest BCUT2D eigenvalue weighted by atomic mass is 28.3. The molecule has 2 rings (SSSR count). The first kappa shape index (κ1) is 18.4. The van der Waals surface area contributed by atoms with Crippen molar-refractivity contribution in [3.8, 4) is 0 Å². The van der Waals surface area contributed by atoms with Gasteiger partial charge in [0, 0.05) is 7.11 Å². The molecule has 1 radical (unpaired) electrons. The molecule has 0 unspecified atom stereocenters. The zero-order valence-electron chi connectivity index (χ0n) is 13.9. The molecule has 0 aliphatic rings. The van der Waals surface area contributed by atoms with Gasteiger partial charge in [0.2, 0.25) is 0 Å². The fraction of sp³-hybridized carbons (Fsp3) is 0.200. The average molecular weight is 339 g/mol. The Bertz CT molecular complexity index is 558. The van der Waals surface area contributed by atoms with E-state index in [2.05, 4.69) is 24.3 Å². The van der Waals surface area contributed by atoms with Gasteiger partial charge in [-0.2, -0.15) is 0 Å². The molecule has 2 aromatic rings. The van der Waals surface area contributed by atoms with Crippen molar-refractivity contribution in [1.82, 2.24) is 0 Å². The summed E-state index contributed by atoms with van der Waals surface area (Å²) in [6, 6.07) is 20.3. The summed E-state index contributed by atoms with van der Waals surface area (Å²) >= 11 is 0. The summed E-state index contributed by atoms with van der Waals surface area (Å²) in [6.45, 7) is 1.05. The first-order chi connectivity index (χ1) is 11.9. The predicted octanol–water partition coefficient (Wildman–Crippen LogP) is 4.12. The molecule has 0 aromatic heterocycles. The van der Waals surface area contributed by atoms with Crippen LogP contribution in [0.2, 0.25) is 0 Å². The number of ether oxygens (including phenoxy) is 1. The minimum Gasteiger partial charge on any atom is -0.388 e. The molecule has 0 spiro atoms. The van der Waals surface area contributed by atoms with Crippen molar-refractivity contribution in [2.45, 2.75) is 0 Å². The van der Waals surface area contributed by atoms with Crippen LogP contribution in [0.4, 0.5) is 0 Å². The Hall–Kier alpha value is -1.98. The van der Waals surface area contributed by atoms with E-state index >= 15 is 0 Å². The van der Waals surface area contributed by atoms with E-state index in [1.165, 1.54) is 0 Å². The van der Waals surface area contributed by atoms with Gasteiger partial charge in [0.1, 0.15) is 0 Å². The number of rotatable bonds is 10. The number of methoxy groups -OCH3 is 1. The molecule has 0 fully saturated rings. The molecular formula is C20H23O3Si. The van der Waals surface area contributed by atoms with Gasteiger partial charge in [-0.05, 0) is 11.1 Å². The molecule has 3 nitrogen and oxygen atoms in total. The monoisotopic (exact) mass is 339 g/mol. The maximum Gasteiger partial charge on any atom is 0.413 e. The van der Waals surface area contributed by atoms with Crippen molar-refractivity contribution in [1.29, 1.82) is 0 Å². The lowest BCUT2D eigenvalue weighted by Crippen LogP contribution is -2.29. The molecule has 0 saturated heterocycles. The van der Waals surface area contributed by atoms with Crippen LogP contribution in [0.25, 0.3) is 12.2 Å². The molecule has 0 N–H and O–H groups in total. The third-order valence-corrected chi connectivity index (χ3v) is 4.66. The zero-order valence-corrected chi connectivity index (χ0v) is 14.9. The van der Waals surface area contributed by atoms with Crippen molar-refractivity contribution in [2.75, 3.05) is 26.6 Å². The van der Waals surface area contributed by atoms with Gasteiger partial charge in [0.05, 0.1) is 19.4 Å². The second-order valence-electron chi connectivity index (χ2n) is 5.05. The molecule has 0 heterocycles. The van der Waals surface area contributed by atoms with E-state index in [0.717, 1.165) is 11.1 Å². The van der Waals surface area contributed by atoms with E-state index in [1.807, 2.05) is 60.7 Å². The Morgan fingerprint density at radius 2 is 1.21 bits per heavy atom. The lowest BCUT2D eigenvalue weighted by molar-refractivity contribution is 0.167. The van der Waals surface area contributed by atoms with Crippen LogP contribution in [0.15, 0.2) is 72.8 Å². The third-order valence-electron chi connectivity index (χ3n) is 3.16. The van der Waals surface area contributed by atoms with Gasteiger partial charge in [0.25, 0.3) is 0 Å². The summed E-state index contributed by atoms with van der Waals surface area (Å²) in [7, 11) is 0.236. The Labute approximate surface area is 146 Å². The second-order valence-corrected chi connectivity index (χ2v) is 6.66. The predicted molar refractivity (Wildman–Crippen MR) is 100 cm³/mol. The van der Waals surface area contributed by atoms with Crippen LogP contribution in [0.3, 0.4) is 0 Å². The summed E-state index contributed by atoms with van der Waals surface area (Å²) in [5, 5.41) is 0. The van der Waals surface area contributed by atoms with Crippen molar-refractivity contribution in [2.24, 2.45) is 0 Å². The van der Waals surface area contributed by atoms with Gasteiger partial charge in [-0.25, -0.2) is 0 Å². The van der Waals surface area contributed by atoms with Crippen LogP contribution in [0, 0.1) is 0 Å². The van der Waals surface area contributed by atoms with E-state index in [0.29, 0.717) is 19.4 Å². The van der Waals surface area contributed by atoms with Crippen LogP contribution >= 0.6 is 0 Å². The molecule has 0 bridgehead atoms. The summed E-state index contributed by atoms with van der Waals surface area (Å²) in [4.78, 5) is 0. The molecule has 0 saturated carbocycles. The van der Waals surface area contributed by atoms with Crippen LogP contribution in [0.1, 0.15) is 11.1 Å². The smallest absolute Gasteiger partial charge is 0.388 e. The SMILES string of the molecule is COC[Si](OC/C=C/c1ccccc1)OC/C=C/c1ccccc1. The van der Waals surface area contributed by atoms with Crippen molar-refractivity contribution < 1.29 is 13.6 Å². The molecule has 125 valence electrons. The Kier molecular flexibility index (Phi) is 8.82. The van der Waals surface area contributed by atoms with Gasteiger partial charge in [-0.1, -0.05) is 85.0 Å². The van der Waals surface area contributed by atoms with E-state index in [-0.39, 0.29) is 0 Å². The van der Waals surface area contributed by atoms with Crippen molar-refractivity contribution >= 4 is 21.4 Å². The van der Waals surface area contributed by atoms with Gasteiger partial charge in [0.15, 0.2) is 0 Å². The molecule has 0 amide bonds. The quantitative estimate of drug-likeness (QED) is 0.610. The normalized spacial score (nSPS) is 11.8. The van der Waals surface area contributed by atoms with Crippen LogP contribution < -0.4 is 0 Å². The molecule has 0 aliphatic carbocycles. The molecular weight excluding hydrogens is 316 g/mol. The third kappa shape index (κ3) is 7.52. The molecule has 0 atom stereocenters. The lowest BCUT2D eigenvalue weighted by Gasteiger charge is -2.12. The fourth-order valence-corrected chi connectivity index (χ4v) is 3.07. The van der Waals surface area contributed by atoms with Crippen molar-refractivity contribution in [3.05, 3.63) is 83.9 Å². The van der Waals surface area contributed by atoms with Gasteiger partial charge in [-0.3, -0.25) is 0 Å². The van der Waals surface area contributed by atoms with Crippen LogP contribution in [-0.2, 0) is 13.6 Å². The first-order valence-corrected chi connectivity index (χ1v) is 9.44. The lowest BCUT2D eigenvalue weighted by atomic mass is 10.2. The molecule has 4 heteroatoms. The minimum atomic E-state index is -1.43. The number of hydrogen-bond donors (Lipinski definition) is 0. The maximum atomic E-state index is 5.79. The highest BCUT2D eigenvalue weighted by Gasteiger charge is 2.14.